The van der Waals surface area contributed by atoms with Crippen LogP contribution < -0.4 is 21.9 Å². The Balaban J connectivity index is 1.72. The molecule has 1 fully saturated rings. The van der Waals surface area contributed by atoms with Crippen LogP contribution in [0.2, 0.25) is 0 Å². The van der Waals surface area contributed by atoms with Crippen molar-refractivity contribution in [3.8, 4) is 17.9 Å². The number of piperidine rings is 1. The highest BCUT2D eigenvalue weighted by atomic mass is 16.2. The SMILES string of the molecule is CC#CCn1c(N2CCCC(N)C2)nc2c1c(=O)n(Cc1ccc3nccnc3c1)c(=O)n2CC#N. The average molecular weight is 484 g/mol. The molecule has 5 rings (SSSR count). The molecule has 36 heavy (non-hydrogen) atoms. The van der Waals surface area contributed by atoms with Crippen molar-refractivity contribution < 1.29 is 0 Å². The minimum Gasteiger partial charge on any atom is -0.341 e. The molecule has 4 aromatic rings. The summed E-state index contributed by atoms with van der Waals surface area (Å²) >= 11 is 0. The molecule has 1 aliphatic heterocycles. The number of nitrogens with two attached hydrogens (primary N) is 1. The first kappa shape index (κ1) is 23.3. The molecular formula is C25H25N9O2. The monoisotopic (exact) mass is 483 g/mol. The summed E-state index contributed by atoms with van der Waals surface area (Å²) in [5, 5.41) is 9.48. The summed E-state index contributed by atoms with van der Waals surface area (Å²) < 4.78 is 4.13. The van der Waals surface area contributed by atoms with Crippen LogP contribution in [0.1, 0.15) is 25.3 Å². The molecule has 0 aliphatic carbocycles. The summed E-state index contributed by atoms with van der Waals surface area (Å²) in [5.74, 6) is 6.41. The van der Waals surface area contributed by atoms with Gasteiger partial charge < -0.3 is 10.6 Å². The maximum Gasteiger partial charge on any atom is 0.333 e. The topological polar surface area (TPSA) is 141 Å². The van der Waals surface area contributed by atoms with E-state index in [1.807, 2.05) is 17.0 Å². The van der Waals surface area contributed by atoms with Crippen LogP contribution in [0.3, 0.4) is 0 Å². The fraction of sp³-hybridized carbons (Fsp3) is 0.360. The number of rotatable bonds is 5. The van der Waals surface area contributed by atoms with Gasteiger partial charge in [-0.15, -0.1) is 5.92 Å². The third kappa shape index (κ3) is 4.10. The summed E-state index contributed by atoms with van der Waals surface area (Å²) in [4.78, 5) is 42.6. The van der Waals surface area contributed by atoms with Crippen LogP contribution in [-0.4, -0.2) is 47.8 Å². The fourth-order valence-corrected chi connectivity index (χ4v) is 4.66. The van der Waals surface area contributed by atoms with Crippen LogP contribution in [0.15, 0.2) is 40.2 Å². The second kappa shape index (κ2) is 9.64. The second-order valence-corrected chi connectivity index (χ2v) is 8.74. The maximum absolute atomic E-state index is 13.8. The number of imidazole rings is 1. The molecule has 1 saturated heterocycles. The van der Waals surface area contributed by atoms with Gasteiger partial charge in [0.05, 0.1) is 30.2 Å². The van der Waals surface area contributed by atoms with E-state index in [1.54, 1.807) is 36.0 Å². The lowest BCUT2D eigenvalue weighted by Gasteiger charge is -2.31. The molecule has 1 aliphatic rings. The molecule has 3 aromatic heterocycles. The fourth-order valence-electron chi connectivity index (χ4n) is 4.66. The number of anilines is 1. The number of nitrogens with zero attached hydrogens (tertiary/aromatic N) is 8. The molecule has 0 spiro atoms. The van der Waals surface area contributed by atoms with Gasteiger partial charge in [0.2, 0.25) is 5.95 Å². The molecule has 4 heterocycles. The number of aromatic nitrogens is 6. The van der Waals surface area contributed by atoms with Crippen molar-refractivity contribution in [1.82, 2.24) is 28.7 Å². The van der Waals surface area contributed by atoms with E-state index < -0.39 is 11.2 Å². The highest BCUT2D eigenvalue weighted by Gasteiger charge is 2.26. The molecule has 11 nitrogen and oxygen atoms in total. The summed E-state index contributed by atoms with van der Waals surface area (Å²) in [6.07, 6.45) is 5.00. The van der Waals surface area contributed by atoms with Crippen molar-refractivity contribution >= 4 is 28.1 Å². The predicted molar refractivity (Wildman–Crippen MR) is 135 cm³/mol. The van der Waals surface area contributed by atoms with E-state index >= 15 is 0 Å². The molecule has 0 saturated carbocycles. The highest BCUT2D eigenvalue weighted by molar-refractivity contribution is 5.76. The molecule has 1 atom stereocenters. The van der Waals surface area contributed by atoms with Gasteiger partial charge in [-0.2, -0.15) is 10.2 Å². The van der Waals surface area contributed by atoms with Gasteiger partial charge in [-0.25, -0.2) is 4.79 Å². The van der Waals surface area contributed by atoms with Gasteiger partial charge in [-0.05, 0) is 37.5 Å². The van der Waals surface area contributed by atoms with E-state index in [1.165, 1.54) is 4.57 Å². The van der Waals surface area contributed by atoms with E-state index in [-0.39, 0.29) is 36.8 Å². The Morgan fingerprint density at radius 1 is 1.11 bits per heavy atom. The number of benzene rings is 1. The normalized spacial score (nSPS) is 15.6. The summed E-state index contributed by atoms with van der Waals surface area (Å²) in [7, 11) is 0. The molecule has 2 N–H and O–H groups in total. The Bertz CT molecular complexity index is 1680. The Labute approximate surface area is 206 Å². The largest absolute Gasteiger partial charge is 0.341 e. The number of nitriles is 1. The Morgan fingerprint density at radius 2 is 1.92 bits per heavy atom. The average Bonchev–Trinajstić information content (AvgIpc) is 3.27. The predicted octanol–water partition coefficient (Wildman–Crippen LogP) is 0.826. The van der Waals surface area contributed by atoms with Crippen LogP contribution in [0.5, 0.6) is 0 Å². The third-order valence-electron chi connectivity index (χ3n) is 6.35. The van der Waals surface area contributed by atoms with E-state index in [9.17, 15) is 14.9 Å². The first-order valence-electron chi connectivity index (χ1n) is 11.7. The van der Waals surface area contributed by atoms with Crippen molar-refractivity contribution in [3.63, 3.8) is 0 Å². The molecule has 11 heteroatoms. The Morgan fingerprint density at radius 3 is 2.67 bits per heavy atom. The Hall–Kier alpha value is -4.48. The van der Waals surface area contributed by atoms with Gasteiger partial charge in [0, 0.05) is 31.5 Å². The van der Waals surface area contributed by atoms with Crippen LogP contribution in [-0.2, 0) is 19.6 Å². The maximum atomic E-state index is 13.8. The molecule has 1 aromatic carbocycles. The van der Waals surface area contributed by atoms with Gasteiger partial charge >= 0.3 is 5.69 Å². The van der Waals surface area contributed by atoms with Crippen molar-refractivity contribution in [3.05, 3.63) is 57.0 Å². The zero-order chi connectivity index (χ0) is 25.2. The van der Waals surface area contributed by atoms with Crippen molar-refractivity contribution in [2.45, 2.75) is 45.4 Å². The minimum atomic E-state index is -0.596. The second-order valence-electron chi connectivity index (χ2n) is 8.74. The lowest BCUT2D eigenvalue weighted by Crippen LogP contribution is -2.44. The minimum absolute atomic E-state index is 0.0140. The highest BCUT2D eigenvalue weighted by Crippen LogP contribution is 2.23. The zero-order valence-corrected chi connectivity index (χ0v) is 19.9. The van der Waals surface area contributed by atoms with Crippen molar-refractivity contribution in [1.29, 1.82) is 5.26 Å². The summed E-state index contributed by atoms with van der Waals surface area (Å²) in [6.45, 7) is 3.03. The first-order valence-corrected chi connectivity index (χ1v) is 11.7. The van der Waals surface area contributed by atoms with Crippen LogP contribution in [0.25, 0.3) is 22.2 Å². The lowest BCUT2D eigenvalue weighted by atomic mass is 10.1. The quantitative estimate of drug-likeness (QED) is 0.412. The standard InChI is InChI=1S/C25H25N9O2/c1-2-3-12-32-21-22(30-24(32)31-11-4-5-18(27)16-31)33(13-8-26)25(36)34(23(21)35)15-17-6-7-19-20(14-17)29-10-9-28-19/h6-7,9-10,14,18H,4-5,11-13,15-16,27H2,1H3. The molecule has 0 radical (unpaired) electrons. The van der Waals surface area contributed by atoms with Gasteiger partial charge in [-0.3, -0.25) is 28.5 Å². The van der Waals surface area contributed by atoms with E-state index in [2.05, 4.69) is 21.8 Å². The van der Waals surface area contributed by atoms with Crippen LogP contribution >= 0.6 is 0 Å². The molecule has 182 valence electrons. The summed E-state index contributed by atoms with van der Waals surface area (Å²) in [6, 6.07) is 7.42. The van der Waals surface area contributed by atoms with Crippen molar-refractivity contribution in [2.75, 3.05) is 18.0 Å². The lowest BCUT2D eigenvalue weighted by molar-refractivity contribution is 0.496. The molecule has 0 amide bonds. The number of hydrogen-bond donors (Lipinski definition) is 1. The molecule has 0 bridgehead atoms. The van der Waals surface area contributed by atoms with E-state index in [0.717, 1.165) is 24.0 Å². The molecule has 1 unspecified atom stereocenters. The Kier molecular flexibility index (Phi) is 6.23. The van der Waals surface area contributed by atoms with Gasteiger partial charge in [-0.1, -0.05) is 12.0 Å². The van der Waals surface area contributed by atoms with Crippen molar-refractivity contribution in [2.24, 2.45) is 5.73 Å². The smallest absolute Gasteiger partial charge is 0.333 e. The zero-order valence-electron chi connectivity index (χ0n) is 19.9. The number of hydrogen-bond acceptors (Lipinski definition) is 8. The van der Waals surface area contributed by atoms with Crippen LogP contribution in [0.4, 0.5) is 5.95 Å². The van der Waals surface area contributed by atoms with Gasteiger partial charge in [0.1, 0.15) is 6.54 Å². The third-order valence-corrected chi connectivity index (χ3v) is 6.35. The van der Waals surface area contributed by atoms with E-state index in [0.29, 0.717) is 29.1 Å². The number of fused-ring (bicyclic) bond motifs is 2. The molecular weight excluding hydrogens is 458 g/mol. The first-order chi connectivity index (χ1) is 17.5. The van der Waals surface area contributed by atoms with E-state index in [4.69, 9.17) is 10.7 Å². The van der Waals surface area contributed by atoms with Gasteiger partial charge in [0.15, 0.2) is 11.2 Å². The summed E-state index contributed by atoms with van der Waals surface area (Å²) in [5.41, 5.74) is 7.63. The van der Waals surface area contributed by atoms with Gasteiger partial charge in [0.25, 0.3) is 5.56 Å². The van der Waals surface area contributed by atoms with Crippen LogP contribution in [0, 0.1) is 23.2 Å².